The summed E-state index contributed by atoms with van der Waals surface area (Å²) in [5.41, 5.74) is -0.276. The fraction of sp³-hybridized carbons (Fsp3) is 0. The number of phenolic OH excluding ortho intramolecular Hbond substituents is 1. The molecule has 1 N–H and O–H groups in total. The minimum absolute atomic E-state index is 0.0834. The number of benzene rings is 1. The quantitative estimate of drug-likeness (QED) is 0.700. The van der Waals surface area contributed by atoms with E-state index in [-0.39, 0.29) is 11.3 Å². The van der Waals surface area contributed by atoms with Crippen LogP contribution in [0.2, 0.25) is 0 Å². The van der Waals surface area contributed by atoms with E-state index in [1.165, 1.54) is 6.07 Å². The molecular weight excluding hydrogens is 176 g/mol. The van der Waals surface area contributed by atoms with E-state index in [0.29, 0.717) is 0 Å². The largest absolute Gasteiger partial charge is 0.506 e. The molecule has 0 saturated carbocycles. The first-order valence-electron chi connectivity index (χ1n) is 3.23. The monoisotopic (exact) mass is 180 g/mol. The van der Waals surface area contributed by atoms with Crippen molar-refractivity contribution in [3.05, 3.63) is 33.6 Å². The van der Waals surface area contributed by atoms with Gasteiger partial charge in [0.1, 0.15) is 11.4 Å². The third-order valence-corrected chi connectivity index (χ3v) is 1.40. The lowest BCUT2D eigenvalue weighted by atomic mass is 10.2. The number of aromatic hydroxyl groups is 1. The Kier molecular flexibility index (Phi) is 2.44. The van der Waals surface area contributed by atoms with Gasteiger partial charge in [-0.2, -0.15) is 0 Å². The molecule has 0 fully saturated rings. The zero-order valence-electron chi connectivity index (χ0n) is 6.30. The molecule has 0 radical (unpaired) electrons. The number of carbonyl (C=O) groups excluding carboxylic acids is 1. The average Bonchev–Trinajstić information content (AvgIpc) is 2.16. The SMILES string of the molecule is O=NC(=O)c1ccc(N=O)c(O)c1. The fourth-order valence-electron chi connectivity index (χ4n) is 0.786. The van der Waals surface area contributed by atoms with Crippen molar-refractivity contribution in [3.8, 4) is 5.75 Å². The summed E-state index contributed by atoms with van der Waals surface area (Å²) < 4.78 is 0. The molecule has 66 valence electrons. The van der Waals surface area contributed by atoms with Crippen LogP contribution in [0, 0.1) is 9.81 Å². The van der Waals surface area contributed by atoms with Crippen LogP contribution in [-0.4, -0.2) is 11.0 Å². The summed E-state index contributed by atoms with van der Waals surface area (Å²) in [5, 5.41) is 13.7. The summed E-state index contributed by atoms with van der Waals surface area (Å²) in [5.74, 6) is -1.46. The van der Waals surface area contributed by atoms with E-state index >= 15 is 0 Å². The van der Waals surface area contributed by atoms with Crippen LogP contribution in [-0.2, 0) is 0 Å². The number of carbonyl (C=O) groups is 1. The van der Waals surface area contributed by atoms with Crippen molar-refractivity contribution in [1.82, 2.24) is 0 Å². The normalized spacial score (nSPS) is 9.23. The summed E-state index contributed by atoms with van der Waals surface area (Å²) in [6.07, 6.45) is 0. The van der Waals surface area contributed by atoms with Gasteiger partial charge in [0.25, 0.3) is 0 Å². The maximum atomic E-state index is 10.7. The Morgan fingerprint density at radius 1 is 1.31 bits per heavy atom. The van der Waals surface area contributed by atoms with Gasteiger partial charge >= 0.3 is 5.91 Å². The van der Waals surface area contributed by atoms with Crippen molar-refractivity contribution in [2.45, 2.75) is 0 Å². The van der Waals surface area contributed by atoms with E-state index in [1.54, 1.807) is 0 Å². The van der Waals surface area contributed by atoms with E-state index in [9.17, 15) is 14.6 Å². The zero-order chi connectivity index (χ0) is 9.84. The molecule has 1 aromatic carbocycles. The highest BCUT2D eigenvalue weighted by atomic mass is 16.3. The Morgan fingerprint density at radius 2 is 2.00 bits per heavy atom. The van der Waals surface area contributed by atoms with Crippen LogP contribution in [0.15, 0.2) is 28.6 Å². The van der Waals surface area contributed by atoms with Crippen LogP contribution < -0.4 is 0 Å². The van der Waals surface area contributed by atoms with Crippen LogP contribution in [0.4, 0.5) is 5.69 Å². The minimum atomic E-state index is -1.01. The number of hydrogen-bond acceptors (Lipinski definition) is 5. The maximum absolute atomic E-state index is 10.7. The minimum Gasteiger partial charge on any atom is -0.506 e. The van der Waals surface area contributed by atoms with Crippen molar-refractivity contribution >= 4 is 11.6 Å². The second-order valence-electron chi connectivity index (χ2n) is 2.19. The first kappa shape index (κ1) is 8.98. The number of rotatable bonds is 2. The number of amides is 1. The number of nitrogens with zero attached hydrogens (tertiary/aromatic N) is 2. The summed E-state index contributed by atoms with van der Waals surface area (Å²) in [4.78, 5) is 30.5. The van der Waals surface area contributed by atoms with E-state index in [2.05, 4.69) is 10.4 Å². The molecule has 0 saturated heterocycles. The Balaban J connectivity index is 3.16. The number of hydrogen-bond donors (Lipinski definition) is 1. The molecule has 13 heavy (non-hydrogen) atoms. The van der Waals surface area contributed by atoms with Crippen LogP contribution in [0.3, 0.4) is 0 Å². The van der Waals surface area contributed by atoms with Gasteiger partial charge in [-0.1, -0.05) is 0 Å². The molecule has 0 unspecified atom stereocenters. The smallest absolute Gasteiger partial charge is 0.316 e. The van der Waals surface area contributed by atoms with Crippen LogP contribution in [0.5, 0.6) is 5.75 Å². The highest BCUT2D eigenvalue weighted by Crippen LogP contribution is 2.26. The molecule has 0 aliphatic heterocycles. The summed E-state index contributed by atoms with van der Waals surface area (Å²) in [6.45, 7) is 0. The van der Waals surface area contributed by atoms with Crippen molar-refractivity contribution in [3.63, 3.8) is 0 Å². The number of nitroso groups, excluding NO2 is 2. The molecule has 1 amide bonds. The van der Waals surface area contributed by atoms with Crippen molar-refractivity contribution in [2.24, 2.45) is 10.4 Å². The van der Waals surface area contributed by atoms with Gasteiger partial charge in [-0.05, 0) is 23.4 Å². The molecule has 0 atom stereocenters. The van der Waals surface area contributed by atoms with Gasteiger partial charge in [-0.15, -0.1) is 9.81 Å². The predicted octanol–water partition coefficient (Wildman–Crippen LogP) is 1.70. The molecule has 0 heterocycles. The standard InChI is InChI=1S/C7H4N2O4/c10-6-3-4(7(11)9-13)1-2-5(6)8-12/h1-3,10H. The van der Waals surface area contributed by atoms with Gasteiger partial charge in [-0.3, -0.25) is 4.79 Å². The molecule has 0 aliphatic carbocycles. The third kappa shape index (κ3) is 1.73. The van der Waals surface area contributed by atoms with Gasteiger partial charge in [0.2, 0.25) is 0 Å². The van der Waals surface area contributed by atoms with Gasteiger partial charge in [0.05, 0.1) is 0 Å². The lowest BCUT2D eigenvalue weighted by Crippen LogP contribution is -1.91. The average molecular weight is 180 g/mol. The molecule has 0 bridgehead atoms. The van der Waals surface area contributed by atoms with E-state index in [1.807, 2.05) is 0 Å². The van der Waals surface area contributed by atoms with Crippen molar-refractivity contribution < 1.29 is 9.90 Å². The number of phenols is 1. The predicted molar refractivity (Wildman–Crippen MR) is 43.7 cm³/mol. The summed E-state index contributed by atoms with van der Waals surface area (Å²) in [6, 6.07) is 3.27. The Bertz CT molecular complexity index is 375. The Labute approximate surface area is 72.1 Å². The van der Waals surface area contributed by atoms with E-state index in [0.717, 1.165) is 12.1 Å². The second-order valence-corrected chi connectivity index (χ2v) is 2.19. The zero-order valence-corrected chi connectivity index (χ0v) is 6.30. The molecule has 0 aromatic heterocycles. The molecule has 6 heteroatoms. The first-order valence-corrected chi connectivity index (χ1v) is 3.23. The first-order chi connectivity index (χ1) is 6.19. The van der Waals surface area contributed by atoms with E-state index in [4.69, 9.17) is 5.11 Å². The van der Waals surface area contributed by atoms with Gasteiger partial charge in [0.15, 0.2) is 0 Å². The Morgan fingerprint density at radius 3 is 2.46 bits per heavy atom. The van der Waals surface area contributed by atoms with Gasteiger partial charge in [0, 0.05) is 10.7 Å². The highest BCUT2D eigenvalue weighted by molar-refractivity contribution is 5.95. The third-order valence-electron chi connectivity index (χ3n) is 1.40. The van der Waals surface area contributed by atoms with Gasteiger partial charge in [-0.25, -0.2) is 0 Å². The molecule has 0 aliphatic rings. The topological polar surface area (TPSA) is 96.2 Å². The fourth-order valence-corrected chi connectivity index (χ4v) is 0.786. The summed E-state index contributed by atoms with van der Waals surface area (Å²) in [7, 11) is 0. The molecule has 1 aromatic rings. The molecule has 1 rings (SSSR count). The molecule has 6 nitrogen and oxygen atoms in total. The Hall–Kier alpha value is -2.11. The van der Waals surface area contributed by atoms with Crippen molar-refractivity contribution in [1.29, 1.82) is 0 Å². The van der Waals surface area contributed by atoms with Crippen molar-refractivity contribution in [2.75, 3.05) is 0 Å². The lowest BCUT2D eigenvalue weighted by Gasteiger charge is -1.96. The second kappa shape index (κ2) is 3.53. The maximum Gasteiger partial charge on any atom is 0.316 e. The van der Waals surface area contributed by atoms with Crippen LogP contribution in [0.1, 0.15) is 10.4 Å². The van der Waals surface area contributed by atoms with Crippen LogP contribution >= 0.6 is 0 Å². The molecular formula is C7H4N2O4. The lowest BCUT2D eigenvalue weighted by molar-refractivity contribution is 0.100. The van der Waals surface area contributed by atoms with E-state index < -0.39 is 11.7 Å². The van der Waals surface area contributed by atoms with Crippen LogP contribution in [0.25, 0.3) is 0 Å². The summed E-state index contributed by atoms with van der Waals surface area (Å²) >= 11 is 0. The van der Waals surface area contributed by atoms with Gasteiger partial charge < -0.3 is 5.11 Å². The molecule has 0 spiro atoms. The highest BCUT2D eigenvalue weighted by Gasteiger charge is 2.09.